The fourth-order valence-electron chi connectivity index (χ4n) is 7.01. The van der Waals surface area contributed by atoms with Gasteiger partial charge < -0.3 is 13.7 Å². The molecule has 3 nitrogen and oxygen atoms in total. The maximum atomic E-state index is 7.30. The minimum Gasteiger partial charge on any atom is -0.456 e. The Hall–Kier alpha value is -4.42. The number of hydrogen-bond donors (Lipinski definition) is 0. The second kappa shape index (κ2) is 9.54. The summed E-state index contributed by atoms with van der Waals surface area (Å²) >= 11 is 1.85. The van der Waals surface area contributed by atoms with Crippen LogP contribution in [-0.2, 0) is 9.31 Å². The van der Waals surface area contributed by atoms with Gasteiger partial charge in [0, 0.05) is 47.4 Å². The van der Waals surface area contributed by atoms with Crippen LogP contribution in [0, 0.1) is 0 Å². The summed E-state index contributed by atoms with van der Waals surface area (Å²) in [5.41, 5.74) is 6.47. The normalized spacial score (nSPS) is 16.1. The Morgan fingerprint density at radius 2 is 1.16 bits per heavy atom. The van der Waals surface area contributed by atoms with E-state index in [0.29, 0.717) is 0 Å². The van der Waals surface area contributed by atoms with Gasteiger partial charge in [0.05, 0.1) is 11.2 Å². The van der Waals surface area contributed by atoms with Crippen LogP contribution in [0.3, 0.4) is 0 Å². The van der Waals surface area contributed by atoms with E-state index in [2.05, 4.69) is 143 Å². The minimum absolute atomic E-state index is 0.467. The highest BCUT2D eigenvalue weighted by atomic mass is 32.1. The van der Waals surface area contributed by atoms with E-state index in [4.69, 9.17) is 13.7 Å². The first-order valence-corrected chi connectivity index (χ1v) is 16.4. The topological polar surface area (TPSA) is 31.6 Å². The molecule has 45 heavy (non-hydrogen) atoms. The summed E-state index contributed by atoms with van der Waals surface area (Å²) in [7, 11) is -0.551. The summed E-state index contributed by atoms with van der Waals surface area (Å²) in [6.07, 6.45) is 0. The monoisotopic (exact) mass is 602 g/mol. The summed E-state index contributed by atoms with van der Waals surface area (Å²) in [6, 6.07) is 41.1. The van der Waals surface area contributed by atoms with Crippen molar-refractivity contribution in [3.05, 3.63) is 115 Å². The molecule has 0 unspecified atom stereocenters. The molecule has 9 rings (SSSR count). The van der Waals surface area contributed by atoms with Gasteiger partial charge in [0.2, 0.25) is 0 Å². The molecule has 0 bridgehead atoms. The molecule has 0 spiro atoms. The smallest absolute Gasteiger partial charge is 0.456 e. The SMILES string of the molecule is CC1(C)OB(c2cccc3c2oc2c4cccc(-c5ccccc5)c4c(-c4ccccc4)c4sc5cccc3c5c42)OC1(C)C. The molecule has 8 aromatic rings. The van der Waals surface area contributed by atoms with E-state index >= 15 is 0 Å². The van der Waals surface area contributed by atoms with Gasteiger partial charge in [0.15, 0.2) is 0 Å². The third-order valence-corrected chi connectivity index (χ3v) is 11.1. The summed E-state index contributed by atoms with van der Waals surface area (Å²) < 4.78 is 23.0. The first-order valence-electron chi connectivity index (χ1n) is 15.5. The van der Waals surface area contributed by atoms with E-state index in [1.807, 2.05) is 11.3 Å². The van der Waals surface area contributed by atoms with Crippen molar-refractivity contribution in [1.82, 2.24) is 0 Å². The molecule has 5 heteroatoms. The van der Waals surface area contributed by atoms with Crippen molar-refractivity contribution < 1.29 is 13.7 Å². The van der Waals surface area contributed by atoms with E-state index in [-0.39, 0.29) is 0 Å². The lowest BCUT2D eigenvalue weighted by molar-refractivity contribution is 0.00578. The van der Waals surface area contributed by atoms with Gasteiger partial charge in [-0.1, -0.05) is 109 Å². The predicted octanol–water partition coefficient (Wildman–Crippen LogP) is 10.7. The highest BCUT2D eigenvalue weighted by molar-refractivity contribution is 7.26. The van der Waals surface area contributed by atoms with Crippen LogP contribution in [0.2, 0.25) is 0 Å². The highest BCUT2D eigenvalue weighted by Crippen LogP contribution is 2.51. The van der Waals surface area contributed by atoms with Crippen molar-refractivity contribution in [2.24, 2.45) is 0 Å². The Morgan fingerprint density at radius 1 is 0.533 bits per heavy atom. The Morgan fingerprint density at radius 3 is 1.89 bits per heavy atom. The second-order valence-corrected chi connectivity index (χ2v) is 14.1. The van der Waals surface area contributed by atoms with Gasteiger partial charge in [-0.15, -0.1) is 11.3 Å². The Balaban J connectivity index is 1.51. The zero-order valence-electron chi connectivity index (χ0n) is 25.7. The van der Waals surface area contributed by atoms with Crippen LogP contribution >= 0.6 is 11.3 Å². The quantitative estimate of drug-likeness (QED) is 0.189. The Kier molecular flexibility index (Phi) is 5.71. The van der Waals surface area contributed by atoms with Crippen molar-refractivity contribution in [2.75, 3.05) is 0 Å². The summed E-state index contributed by atoms with van der Waals surface area (Å²) in [6.45, 7) is 8.38. The van der Waals surface area contributed by atoms with E-state index < -0.39 is 18.3 Å². The summed E-state index contributed by atoms with van der Waals surface area (Å²) in [4.78, 5) is 0. The minimum atomic E-state index is -0.551. The molecular formula is C40H31BO3S. The largest absolute Gasteiger partial charge is 0.498 e. The fraction of sp³-hybridized carbons (Fsp3) is 0.150. The molecule has 1 aliphatic rings. The molecule has 1 aliphatic heterocycles. The molecule has 0 radical (unpaired) electrons. The molecule has 6 aromatic carbocycles. The van der Waals surface area contributed by atoms with Crippen LogP contribution in [0.4, 0.5) is 0 Å². The van der Waals surface area contributed by atoms with E-state index in [9.17, 15) is 0 Å². The molecule has 1 fully saturated rings. The second-order valence-electron chi connectivity index (χ2n) is 13.1. The molecule has 3 heterocycles. The summed E-state index contributed by atoms with van der Waals surface area (Å²) in [5, 5.41) is 6.91. The van der Waals surface area contributed by atoms with Crippen molar-refractivity contribution >= 4 is 76.8 Å². The molecule has 0 aliphatic carbocycles. The zero-order valence-corrected chi connectivity index (χ0v) is 26.5. The van der Waals surface area contributed by atoms with Gasteiger partial charge >= 0.3 is 7.12 Å². The molecule has 218 valence electrons. The number of rotatable bonds is 3. The average Bonchev–Trinajstić information content (AvgIpc) is 3.48. The highest BCUT2D eigenvalue weighted by Gasteiger charge is 2.52. The van der Waals surface area contributed by atoms with Gasteiger partial charge in [0.1, 0.15) is 11.2 Å². The number of benzene rings is 6. The maximum absolute atomic E-state index is 7.30. The van der Waals surface area contributed by atoms with E-state index in [1.165, 1.54) is 53.2 Å². The van der Waals surface area contributed by atoms with Crippen LogP contribution in [0.1, 0.15) is 27.7 Å². The first-order chi connectivity index (χ1) is 21.8. The molecular weight excluding hydrogens is 571 g/mol. The van der Waals surface area contributed by atoms with Crippen LogP contribution < -0.4 is 5.46 Å². The van der Waals surface area contributed by atoms with Gasteiger partial charge in [-0.3, -0.25) is 0 Å². The molecule has 0 amide bonds. The maximum Gasteiger partial charge on any atom is 0.498 e. The van der Waals surface area contributed by atoms with Crippen LogP contribution in [0.15, 0.2) is 120 Å². The average molecular weight is 603 g/mol. The molecule has 1 saturated heterocycles. The van der Waals surface area contributed by atoms with Crippen LogP contribution in [0.5, 0.6) is 0 Å². The van der Waals surface area contributed by atoms with Crippen LogP contribution in [0.25, 0.3) is 75.1 Å². The van der Waals surface area contributed by atoms with Crippen molar-refractivity contribution in [2.45, 2.75) is 38.9 Å². The molecule has 0 saturated carbocycles. The molecule has 2 aromatic heterocycles. The number of para-hydroxylation sites is 1. The number of hydrogen-bond acceptors (Lipinski definition) is 4. The summed E-state index contributed by atoms with van der Waals surface area (Å²) in [5.74, 6) is 0. The number of fused-ring (bicyclic) bond motifs is 4. The fourth-order valence-corrected chi connectivity index (χ4v) is 8.31. The lowest BCUT2D eigenvalue weighted by atomic mass is 9.78. The van der Waals surface area contributed by atoms with Gasteiger partial charge in [-0.25, -0.2) is 0 Å². The third kappa shape index (κ3) is 3.85. The lowest BCUT2D eigenvalue weighted by Gasteiger charge is -2.32. The van der Waals surface area contributed by atoms with Crippen molar-refractivity contribution in [3.63, 3.8) is 0 Å². The Labute approximate surface area is 266 Å². The predicted molar refractivity (Wildman–Crippen MR) is 191 cm³/mol. The standard InChI is InChI=1S/C40H31BO3S/c1-39(2)40(3,4)44-41(43-39)30-22-12-20-28-27-19-13-23-31-34(27)35-37(42-36(28)30)29-21-11-18-26(24-14-7-5-8-15-24)33(29)32(38(35)45-31)25-16-9-6-10-17-25/h5-23H,1-4H3. The van der Waals surface area contributed by atoms with Crippen molar-refractivity contribution in [1.29, 1.82) is 0 Å². The first kappa shape index (κ1) is 26.9. The van der Waals surface area contributed by atoms with Gasteiger partial charge in [-0.2, -0.15) is 0 Å². The zero-order chi connectivity index (χ0) is 30.5. The molecule has 0 N–H and O–H groups in total. The van der Waals surface area contributed by atoms with Gasteiger partial charge in [0.25, 0.3) is 0 Å². The Bertz CT molecular complexity index is 2420. The van der Waals surface area contributed by atoms with Gasteiger partial charge in [-0.05, 0) is 55.8 Å². The third-order valence-electron chi connectivity index (χ3n) is 9.92. The van der Waals surface area contributed by atoms with E-state index in [0.717, 1.165) is 27.4 Å². The van der Waals surface area contributed by atoms with Crippen LogP contribution in [-0.4, -0.2) is 18.3 Å². The molecule has 0 atom stereocenters. The van der Waals surface area contributed by atoms with E-state index in [1.54, 1.807) is 0 Å². The number of thiophene rings is 1. The van der Waals surface area contributed by atoms with Crippen molar-refractivity contribution in [3.8, 4) is 22.3 Å². The lowest BCUT2D eigenvalue weighted by Crippen LogP contribution is -2.41.